The van der Waals surface area contributed by atoms with Crippen LogP contribution < -0.4 is 0 Å². The highest BCUT2D eigenvalue weighted by atomic mass is 19.4. The van der Waals surface area contributed by atoms with Crippen molar-refractivity contribution >= 4 is 0 Å². The molecule has 0 atom stereocenters. The molecule has 2 rings (SSSR count). The third kappa shape index (κ3) is 2.68. The van der Waals surface area contributed by atoms with Gasteiger partial charge in [0.25, 0.3) is 0 Å². The molecule has 1 N–H and O–H groups in total. The van der Waals surface area contributed by atoms with Crippen molar-refractivity contribution in [1.82, 2.24) is 4.98 Å². The van der Waals surface area contributed by atoms with Gasteiger partial charge in [0, 0.05) is 12.4 Å². The van der Waals surface area contributed by atoms with E-state index in [-0.39, 0.29) is 5.56 Å². The molecule has 18 heavy (non-hydrogen) atoms. The molecule has 0 spiro atoms. The Morgan fingerprint density at radius 2 is 1.67 bits per heavy atom. The van der Waals surface area contributed by atoms with Crippen molar-refractivity contribution in [2.24, 2.45) is 0 Å². The van der Waals surface area contributed by atoms with E-state index in [1.807, 2.05) is 0 Å². The maximum absolute atomic E-state index is 12.7. The van der Waals surface area contributed by atoms with Crippen LogP contribution in [0.4, 0.5) is 13.2 Å². The molecule has 0 bridgehead atoms. The van der Waals surface area contributed by atoms with E-state index in [0.717, 1.165) is 12.1 Å². The number of halogens is 3. The molecular formula is C13H10F3NO. The maximum atomic E-state index is 12.7. The van der Waals surface area contributed by atoms with Crippen LogP contribution in [0.2, 0.25) is 0 Å². The molecule has 0 unspecified atom stereocenters. The first kappa shape index (κ1) is 12.6. The monoisotopic (exact) mass is 253 g/mol. The van der Waals surface area contributed by atoms with Gasteiger partial charge in [0.15, 0.2) is 0 Å². The lowest BCUT2D eigenvalue weighted by atomic mass is 10.0. The summed E-state index contributed by atoms with van der Waals surface area (Å²) < 4.78 is 38.1. The van der Waals surface area contributed by atoms with E-state index >= 15 is 0 Å². The van der Waals surface area contributed by atoms with Crippen molar-refractivity contribution in [3.8, 4) is 11.1 Å². The Morgan fingerprint density at radius 1 is 1.00 bits per heavy atom. The zero-order chi connectivity index (χ0) is 13.2. The van der Waals surface area contributed by atoms with Gasteiger partial charge in [0.05, 0.1) is 12.2 Å². The predicted molar refractivity (Wildman–Crippen MR) is 60.6 cm³/mol. The molecule has 0 aliphatic carbocycles. The van der Waals surface area contributed by atoms with Crippen LogP contribution in [0.1, 0.15) is 11.1 Å². The summed E-state index contributed by atoms with van der Waals surface area (Å²) >= 11 is 0. The Balaban J connectivity index is 2.55. The summed E-state index contributed by atoms with van der Waals surface area (Å²) in [5, 5.41) is 9.02. The summed E-state index contributed by atoms with van der Waals surface area (Å²) in [5.74, 6) is 0. The molecule has 94 valence electrons. The van der Waals surface area contributed by atoms with Crippen LogP contribution in [-0.2, 0) is 12.8 Å². The standard InChI is InChI=1S/C13H10F3NO/c14-13(15,16)12-6-9(8-18)5-11(7-12)10-1-3-17-4-2-10/h1-7,18H,8H2. The molecule has 0 aliphatic rings. The summed E-state index contributed by atoms with van der Waals surface area (Å²) in [6.45, 7) is -0.429. The van der Waals surface area contributed by atoms with Crippen molar-refractivity contribution in [3.63, 3.8) is 0 Å². The number of hydrogen-bond donors (Lipinski definition) is 1. The molecule has 0 saturated carbocycles. The van der Waals surface area contributed by atoms with Gasteiger partial charge < -0.3 is 5.11 Å². The van der Waals surface area contributed by atoms with Gasteiger partial charge in [-0.25, -0.2) is 0 Å². The second kappa shape index (κ2) is 4.78. The number of nitrogens with zero attached hydrogens (tertiary/aromatic N) is 1. The fourth-order valence-electron chi connectivity index (χ4n) is 1.66. The molecule has 2 nitrogen and oxygen atoms in total. The number of alkyl halides is 3. The van der Waals surface area contributed by atoms with E-state index < -0.39 is 18.3 Å². The smallest absolute Gasteiger partial charge is 0.392 e. The molecule has 0 amide bonds. The van der Waals surface area contributed by atoms with E-state index in [1.165, 1.54) is 18.5 Å². The summed E-state index contributed by atoms with van der Waals surface area (Å²) in [7, 11) is 0. The highest BCUT2D eigenvalue weighted by molar-refractivity contribution is 5.64. The second-order valence-electron chi connectivity index (χ2n) is 3.81. The molecule has 0 radical (unpaired) electrons. The van der Waals surface area contributed by atoms with Gasteiger partial charge in [-0.05, 0) is 47.0 Å². The van der Waals surface area contributed by atoms with Crippen LogP contribution in [-0.4, -0.2) is 10.1 Å². The second-order valence-corrected chi connectivity index (χ2v) is 3.81. The SMILES string of the molecule is OCc1cc(-c2ccncc2)cc(C(F)(F)F)c1. The normalized spacial score (nSPS) is 11.6. The number of hydrogen-bond acceptors (Lipinski definition) is 2. The van der Waals surface area contributed by atoms with E-state index in [9.17, 15) is 13.2 Å². The Hall–Kier alpha value is -1.88. The minimum absolute atomic E-state index is 0.233. The lowest BCUT2D eigenvalue weighted by Gasteiger charge is -2.11. The van der Waals surface area contributed by atoms with Crippen LogP contribution >= 0.6 is 0 Å². The van der Waals surface area contributed by atoms with Gasteiger partial charge in [-0.3, -0.25) is 4.98 Å². The van der Waals surface area contributed by atoms with E-state index in [0.29, 0.717) is 11.1 Å². The number of benzene rings is 1. The van der Waals surface area contributed by atoms with Gasteiger partial charge in [-0.1, -0.05) is 0 Å². The largest absolute Gasteiger partial charge is 0.416 e. The van der Waals surface area contributed by atoms with E-state index in [2.05, 4.69) is 4.98 Å². The zero-order valence-corrected chi connectivity index (χ0v) is 9.28. The maximum Gasteiger partial charge on any atom is 0.416 e. The highest BCUT2D eigenvalue weighted by Gasteiger charge is 2.31. The fraction of sp³-hybridized carbons (Fsp3) is 0.154. The predicted octanol–water partition coefficient (Wildman–Crippen LogP) is 3.26. The van der Waals surface area contributed by atoms with Crippen LogP contribution in [0.3, 0.4) is 0 Å². The minimum atomic E-state index is -4.42. The Morgan fingerprint density at radius 3 is 2.22 bits per heavy atom. The van der Waals surface area contributed by atoms with E-state index in [1.54, 1.807) is 12.1 Å². The third-order valence-electron chi connectivity index (χ3n) is 2.52. The summed E-state index contributed by atoms with van der Waals surface area (Å²) in [4.78, 5) is 3.81. The topological polar surface area (TPSA) is 33.1 Å². The number of aromatic nitrogens is 1. The van der Waals surface area contributed by atoms with Crippen LogP contribution in [0.25, 0.3) is 11.1 Å². The van der Waals surface area contributed by atoms with Gasteiger partial charge in [-0.15, -0.1) is 0 Å². The highest BCUT2D eigenvalue weighted by Crippen LogP contribution is 2.33. The third-order valence-corrected chi connectivity index (χ3v) is 2.52. The van der Waals surface area contributed by atoms with Crippen molar-refractivity contribution in [1.29, 1.82) is 0 Å². The summed E-state index contributed by atoms with van der Waals surface area (Å²) in [5.41, 5.74) is 0.513. The molecule has 0 saturated heterocycles. The molecule has 1 aromatic carbocycles. The molecule has 5 heteroatoms. The molecule has 0 fully saturated rings. The minimum Gasteiger partial charge on any atom is -0.392 e. The van der Waals surface area contributed by atoms with Gasteiger partial charge in [-0.2, -0.15) is 13.2 Å². The zero-order valence-electron chi connectivity index (χ0n) is 9.28. The van der Waals surface area contributed by atoms with Crippen LogP contribution in [0.5, 0.6) is 0 Å². The quantitative estimate of drug-likeness (QED) is 0.891. The average molecular weight is 253 g/mol. The first-order valence-electron chi connectivity index (χ1n) is 5.23. The molecular weight excluding hydrogens is 243 g/mol. The Kier molecular flexibility index (Phi) is 3.34. The van der Waals surface area contributed by atoms with Crippen molar-refractivity contribution in [3.05, 3.63) is 53.9 Å². The molecule has 0 aliphatic heterocycles. The lowest BCUT2D eigenvalue weighted by Crippen LogP contribution is -2.06. The first-order valence-corrected chi connectivity index (χ1v) is 5.23. The van der Waals surface area contributed by atoms with Gasteiger partial charge in [0.2, 0.25) is 0 Å². The Labute approximate surface area is 102 Å². The number of rotatable bonds is 2. The van der Waals surface area contributed by atoms with E-state index in [4.69, 9.17) is 5.11 Å². The van der Waals surface area contributed by atoms with Crippen molar-refractivity contribution in [2.45, 2.75) is 12.8 Å². The summed E-state index contributed by atoms with van der Waals surface area (Å²) in [6, 6.07) is 6.79. The number of pyridine rings is 1. The van der Waals surface area contributed by atoms with Gasteiger partial charge >= 0.3 is 6.18 Å². The Bertz CT molecular complexity index is 538. The summed E-state index contributed by atoms with van der Waals surface area (Å²) in [6.07, 6.45) is -1.41. The van der Waals surface area contributed by atoms with Crippen LogP contribution in [0.15, 0.2) is 42.7 Å². The molecule has 2 aromatic rings. The van der Waals surface area contributed by atoms with Crippen molar-refractivity contribution in [2.75, 3.05) is 0 Å². The molecule has 1 aromatic heterocycles. The van der Waals surface area contributed by atoms with Crippen molar-refractivity contribution < 1.29 is 18.3 Å². The van der Waals surface area contributed by atoms with Crippen LogP contribution in [0, 0.1) is 0 Å². The van der Waals surface area contributed by atoms with Gasteiger partial charge in [0.1, 0.15) is 0 Å². The number of aliphatic hydroxyl groups excluding tert-OH is 1. The first-order chi connectivity index (χ1) is 8.50. The number of aliphatic hydroxyl groups is 1. The average Bonchev–Trinajstić information content (AvgIpc) is 2.38. The lowest BCUT2D eigenvalue weighted by molar-refractivity contribution is -0.137. The molecule has 1 heterocycles. The fourth-order valence-corrected chi connectivity index (χ4v) is 1.66.